The van der Waals surface area contributed by atoms with Crippen molar-refractivity contribution < 1.29 is 65.5 Å². The predicted octanol–water partition coefficient (Wildman–Crippen LogP) is 0.883. The number of carbonyl (C=O) groups is 5. The number of carbonyl (C=O) groups excluding carboxylic acids is 5. The molecule has 0 saturated heterocycles. The van der Waals surface area contributed by atoms with E-state index in [4.69, 9.17) is 44.6 Å². The lowest BCUT2D eigenvalue weighted by Gasteiger charge is -2.26. The molecule has 1 aliphatic rings. The van der Waals surface area contributed by atoms with E-state index in [0.29, 0.717) is 61.8 Å². The number of hydrogen-bond acceptors (Lipinski definition) is 16. The van der Waals surface area contributed by atoms with E-state index in [-0.39, 0.29) is 50.1 Å². The Morgan fingerprint density at radius 1 is 0.785 bits per heavy atom. The highest BCUT2D eigenvalue weighted by molar-refractivity contribution is 7.90. The largest absolute Gasteiger partial charge is 0.487 e. The number of benzene rings is 1. The molecule has 0 radical (unpaired) electrons. The molecule has 0 fully saturated rings. The lowest BCUT2D eigenvalue weighted by molar-refractivity contribution is -0.165. The van der Waals surface area contributed by atoms with Crippen LogP contribution in [0.4, 0.5) is 0 Å². The molecule has 370 valence electrons. The third-order valence-corrected chi connectivity index (χ3v) is 10.9. The highest BCUT2D eigenvalue weighted by Crippen LogP contribution is 2.43. The second-order valence-electron chi connectivity index (χ2n) is 18.0. The summed E-state index contributed by atoms with van der Waals surface area (Å²) in [5.41, 5.74) is 11.7. The maximum Gasteiger partial charge on any atom is 0.329 e. The average Bonchev–Trinajstić information content (AvgIpc) is 3.51. The summed E-state index contributed by atoms with van der Waals surface area (Å²) in [6.45, 7) is 20.3. The minimum absolute atomic E-state index is 0.0275. The number of amides is 3. The lowest BCUT2D eigenvalue weighted by atomic mass is 9.94. The van der Waals surface area contributed by atoms with Crippen molar-refractivity contribution in [2.24, 2.45) is 16.5 Å². The number of nitrogens with two attached hydrogens (primary N) is 2. The zero-order chi connectivity index (χ0) is 49.2. The van der Waals surface area contributed by atoms with Crippen LogP contribution in [0.5, 0.6) is 5.75 Å². The van der Waals surface area contributed by atoms with Gasteiger partial charge >= 0.3 is 11.9 Å². The fourth-order valence-corrected chi connectivity index (χ4v) is 7.95. The van der Waals surface area contributed by atoms with Crippen LogP contribution < -0.4 is 36.9 Å². The summed E-state index contributed by atoms with van der Waals surface area (Å²) in [6.07, 6.45) is 0.0951. The normalized spacial score (nSPS) is 14.7. The first-order valence-electron chi connectivity index (χ1n) is 21.6. The van der Waals surface area contributed by atoms with Crippen LogP contribution in [0.1, 0.15) is 96.9 Å². The summed E-state index contributed by atoms with van der Waals surface area (Å²) in [7, 11) is -4.17. The number of nitrogens with one attached hydrogen (secondary N) is 4. The van der Waals surface area contributed by atoms with Gasteiger partial charge in [0.2, 0.25) is 23.7 Å². The Morgan fingerprint density at radius 3 is 1.91 bits per heavy atom. The summed E-state index contributed by atoms with van der Waals surface area (Å²) in [5, 5.41) is 7.44. The van der Waals surface area contributed by atoms with Gasteiger partial charge in [0.05, 0.1) is 64.1 Å². The summed E-state index contributed by atoms with van der Waals surface area (Å²) >= 11 is 0. The van der Waals surface area contributed by atoms with Crippen LogP contribution >= 0.6 is 0 Å². The van der Waals surface area contributed by atoms with Gasteiger partial charge in [0.15, 0.2) is 0 Å². The average molecular weight is 944 g/mol. The number of esters is 2. The van der Waals surface area contributed by atoms with Gasteiger partial charge < -0.3 is 60.6 Å². The Bertz CT molecular complexity index is 1930. The predicted molar refractivity (Wildman–Crippen MR) is 241 cm³/mol. The zero-order valence-corrected chi connectivity index (χ0v) is 40.8. The van der Waals surface area contributed by atoms with E-state index in [2.05, 4.69) is 25.7 Å². The summed E-state index contributed by atoms with van der Waals surface area (Å²) in [4.78, 5) is 69.3. The van der Waals surface area contributed by atoms with Crippen molar-refractivity contribution in [2.75, 3.05) is 72.5 Å². The minimum Gasteiger partial charge on any atom is -0.487 e. The number of hydrogen-bond donors (Lipinski definition) is 6. The van der Waals surface area contributed by atoms with E-state index < -0.39 is 88.1 Å². The van der Waals surface area contributed by atoms with Crippen LogP contribution in [0.15, 0.2) is 9.89 Å². The van der Waals surface area contributed by atoms with Crippen LogP contribution in [0.3, 0.4) is 0 Å². The molecule has 1 heterocycles. The third-order valence-electron chi connectivity index (χ3n) is 9.24. The van der Waals surface area contributed by atoms with Gasteiger partial charge in [0.25, 0.3) is 10.0 Å². The first-order valence-corrected chi connectivity index (χ1v) is 23.1. The molecule has 8 N–H and O–H groups in total. The summed E-state index contributed by atoms with van der Waals surface area (Å²) < 4.78 is 67.9. The molecule has 21 nitrogen and oxygen atoms in total. The molecule has 0 aliphatic carbocycles. The Kier molecular flexibility index (Phi) is 22.5. The molecular formula is C43H73N7O14S. The van der Waals surface area contributed by atoms with Gasteiger partial charge in [0.1, 0.15) is 41.2 Å². The fraction of sp³-hybridized carbons (Fsp3) is 0.721. The molecule has 3 amide bonds. The maximum absolute atomic E-state index is 13.6. The quantitative estimate of drug-likeness (QED) is 0.0309. The Labute approximate surface area is 383 Å². The monoisotopic (exact) mass is 943 g/mol. The number of aliphatic imine (C=N–C) groups is 1. The number of sulfonamides is 1. The van der Waals surface area contributed by atoms with Crippen LogP contribution in [0, 0.1) is 20.8 Å². The first-order chi connectivity index (χ1) is 30.2. The molecule has 2 rings (SSSR count). The van der Waals surface area contributed by atoms with Crippen LogP contribution in [0.2, 0.25) is 0 Å². The van der Waals surface area contributed by atoms with Crippen LogP contribution in [-0.4, -0.2) is 145 Å². The molecule has 0 saturated carbocycles. The molecule has 0 aromatic heterocycles. The van der Waals surface area contributed by atoms with Gasteiger partial charge in [-0.1, -0.05) is 0 Å². The summed E-state index contributed by atoms with van der Waals surface area (Å²) in [5.74, 6) is -3.61. The van der Waals surface area contributed by atoms with E-state index in [1.54, 1.807) is 62.3 Å². The number of nitrogens with zero attached hydrogens (tertiary/aromatic N) is 1. The first kappa shape index (κ1) is 56.5. The third kappa shape index (κ3) is 21.1. The second kappa shape index (κ2) is 25.9. The molecule has 65 heavy (non-hydrogen) atoms. The zero-order valence-electron chi connectivity index (χ0n) is 40.0. The number of rotatable bonds is 27. The van der Waals surface area contributed by atoms with Gasteiger partial charge in [-0.3, -0.25) is 24.2 Å². The fourth-order valence-electron chi connectivity index (χ4n) is 6.43. The summed E-state index contributed by atoms with van der Waals surface area (Å²) in [6, 6.07) is -2.65. The van der Waals surface area contributed by atoms with E-state index in [0.717, 1.165) is 5.56 Å². The molecule has 1 aromatic carbocycles. The highest BCUT2D eigenvalue weighted by atomic mass is 32.2. The van der Waals surface area contributed by atoms with Crippen molar-refractivity contribution in [3.8, 4) is 5.75 Å². The van der Waals surface area contributed by atoms with Crippen LogP contribution in [-0.2, 0) is 68.8 Å². The van der Waals surface area contributed by atoms with Crippen molar-refractivity contribution in [1.29, 1.82) is 0 Å². The van der Waals surface area contributed by atoms with Crippen molar-refractivity contribution in [1.82, 2.24) is 20.7 Å². The second-order valence-corrected chi connectivity index (χ2v) is 19.6. The van der Waals surface area contributed by atoms with Crippen molar-refractivity contribution >= 4 is 45.6 Å². The topological polar surface area (TPSA) is 297 Å². The molecular weight excluding hydrogens is 871 g/mol. The molecule has 1 aromatic rings. The van der Waals surface area contributed by atoms with Crippen LogP contribution in [0.25, 0.3) is 0 Å². The number of guanidine groups is 1. The van der Waals surface area contributed by atoms with Gasteiger partial charge in [-0.05, 0) is 106 Å². The number of ether oxygens (including phenoxy) is 7. The maximum atomic E-state index is 13.6. The smallest absolute Gasteiger partial charge is 0.329 e. The molecule has 0 spiro atoms. The molecule has 1 aliphatic heterocycles. The molecule has 22 heteroatoms. The lowest BCUT2D eigenvalue weighted by Crippen LogP contribution is -2.52. The minimum atomic E-state index is -4.17. The van der Waals surface area contributed by atoms with E-state index in [1.165, 1.54) is 0 Å². The van der Waals surface area contributed by atoms with Crippen molar-refractivity contribution in [3.05, 3.63) is 22.3 Å². The van der Waals surface area contributed by atoms with Crippen molar-refractivity contribution in [3.63, 3.8) is 0 Å². The highest BCUT2D eigenvalue weighted by Gasteiger charge is 2.37. The molecule has 0 bridgehead atoms. The van der Waals surface area contributed by atoms with Gasteiger partial charge in [-0.15, -0.1) is 0 Å². The van der Waals surface area contributed by atoms with E-state index >= 15 is 0 Å². The molecule has 0 unspecified atom stereocenters. The Hall–Kier alpha value is -4.61. The van der Waals surface area contributed by atoms with E-state index in [1.807, 2.05) is 13.8 Å². The van der Waals surface area contributed by atoms with E-state index in [9.17, 15) is 32.4 Å². The standard InChI is InChI=1S/C43H73N7O14S/c1-27-28(2)37(29(3)30-24-43(10,11)63-36(27)30)65(56,57)50-40(45)46-15-12-13-31(48-34(52)26-61-22-21-60-20-19-59-18-17-58-16-14-44)38(54)47-25-33(51)49-32(39(55)64-42(7,8)9)23-35(53)62-41(4,5)6/h31-32H,12-26,44H2,1-11H3,(H,47,54)(H,48,52)(H,49,51)(H3,45,46,50)/t31-,32-/m0/s1. The van der Waals surface area contributed by atoms with Gasteiger partial charge in [0, 0.05) is 25.1 Å². The SMILES string of the molecule is Cc1c(C)c(S(=O)(=O)NC(N)=NCCC[C@H](NC(=O)COCCOCCOCCOCCN)C(=O)NCC(=O)N[C@@H](CC(=O)OC(C)(C)C)C(=O)OC(C)(C)C)c(C)c2c1OC(C)(C)C2. The van der Waals surface area contributed by atoms with Gasteiger partial charge in [-0.2, -0.15) is 0 Å². The number of fused-ring (bicyclic) bond motifs is 1. The molecule has 2 atom stereocenters. The van der Waals surface area contributed by atoms with Crippen molar-refractivity contribution in [2.45, 2.75) is 136 Å². The Balaban J connectivity index is 2.10. The Morgan fingerprint density at radius 2 is 1.34 bits per heavy atom. The van der Waals surface area contributed by atoms with Gasteiger partial charge in [-0.25, -0.2) is 17.9 Å².